The molecule has 0 amide bonds. The average molecular weight is 162 g/mol. The molecule has 0 aliphatic heterocycles. The van der Waals surface area contributed by atoms with Crippen molar-refractivity contribution in [2.24, 2.45) is 5.41 Å². The Labute approximate surface area is 76.0 Å². The van der Waals surface area contributed by atoms with Crippen LogP contribution in [0.1, 0.15) is 20.8 Å². The fourth-order valence-corrected chi connectivity index (χ4v) is 1.01. The number of hydrogen-bond donors (Lipinski definition) is 0. The monoisotopic (exact) mass is 162 g/mol. The van der Waals surface area contributed by atoms with Crippen LogP contribution in [0.5, 0.6) is 0 Å². The third-order valence-electron chi connectivity index (χ3n) is 1.58. The third kappa shape index (κ3) is 4.73. The van der Waals surface area contributed by atoms with Crippen molar-refractivity contribution < 1.29 is 0 Å². The lowest BCUT2D eigenvalue weighted by Gasteiger charge is -2.15. The van der Waals surface area contributed by atoms with Gasteiger partial charge in [0.15, 0.2) is 0 Å². The fourth-order valence-electron chi connectivity index (χ4n) is 1.01. The Morgan fingerprint density at radius 3 is 2.25 bits per heavy atom. The van der Waals surface area contributed by atoms with E-state index in [1.54, 1.807) is 6.08 Å². The van der Waals surface area contributed by atoms with Gasteiger partial charge in [-0.25, -0.2) is 0 Å². The van der Waals surface area contributed by atoms with Crippen LogP contribution in [-0.4, -0.2) is 0 Å². The maximum atomic E-state index is 3.71. The summed E-state index contributed by atoms with van der Waals surface area (Å²) < 4.78 is 0. The topological polar surface area (TPSA) is 0 Å². The smallest absolute Gasteiger partial charge is 0.00132 e. The average Bonchev–Trinajstić information content (AvgIpc) is 2.00. The molecular formula is C12H18. The summed E-state index contributed by atoms with van der Waals surface area (Å²) in [7, 11) is 0. The molecule has 0 aliphatic rings. The molecule has 0 aliphatic carbocycles. The van der Waals surface area contributed by atoms with E-state index in [9.17, 15) is 0 Å². The van der Waals surface area contributed by atoms with Gasteiger partial charge in [0.05, 0.1) is 0 Å². The van der Waals surface area contributed by atoms with Crippen LogP contribution >= 0.6 is 0 Å². The highest BCUT2D eigenvalue weighted by molar-refractivity contribution is 5.21. The summed E-state index contributed by atoms with van der Waals surface area (Å²) in [5.41, 5.74) is 1.29. The molecule has 0 atom stereocenters. The first-order chi connectivity index (χ1) is 5.52. The molecule has 0 aromatic heterocycles. The maximum Gasteiger partial charge on any atom is 0.00132 e. The molecular weight excluding hydrogens is 144 g/mol. The molecule has 0 aromatic rings. The van der Waals surface area contributed by atoms with Gasteiger partial charge in [0.2, 0.25) is 0 Å². The lowest BCUT2D eigenvalue weighted by Crippen LogP contribution is -2.02. The van der Waals surface area contributed by atoms with E-state index >= 15 is 0 Å². The van der Waals surface area contributed by atoms with Gasteiger partial charge in [0.25, 0.3) is 0 Å². The van der Waals surface area contributed by atoms with Crippen LogP contribution < -0.4 is 0 Å². The Bertz CT molecular complexity index is 214. The van der Waals surface area contributed by atoms with Gasteiger partial charge in [-0.3, -0.25) is 0 Å². The van der Waals surface area contributed by atoms with Crippen molar-refractivity contribution in [3.63, 3.8) is 0 Å². The molecule has 12 heavy (non-hydrogen) atoms. The summed E-state index contributed by atoms with van der Waals surface area (Å²) in [5, 5.41) is 0. The van der Waals surface area contributed by atoms with Crippen molar-refractivity contribution in [3.05, 3.63) is 49.1 Å². The highest BCUT2D eigenvalue weighted by Crippen LogP contribution is 2.21. The minimum Gasteiger partial charge on any atom is -0.0991 e. The van der Waals surface area contributed by atoms with Gasteiger partial charge in [-0.2, -0.15) is 0 Å². The van der Waals surface area contributed by atoms with Crippen molar-refractivity contribution >= 4 is 0 Å². The fraction of sp³-hybridized carbons (Fsp3) is 0.333. The first-order valence-electron chi connectivity index (χ1n) is 4.14. The highest BCUT2D eigenvalue weighted by Gasteiger charge is 2.08. The molecule has 0 bridgehead atoms. The minimum atomic E-state index is 0.0897. The van der Waals surface area contributed by atoms with Crippen molar-refractivity contribution in [1.29, 1.82) is 0 Å². The SMILES string of the molecule is C=C/C=C\C(C)(C)/C=C(/C)C=C. The quantitative estimate of drug-likeness (QED) is 0.550. The van der Waals surface area contributed by atoms with Crippen LogP contribution in [0.2, 0.25) is 0 Å². The van der Waals surface area contributed by atoms with E-state index in [-0.39, 0.29) is 5.41 Å². The summed E-state index contributed by atoms with van der Waals surface area (Å²) >= 11 is 0. The summed E-state index contributed by atoms with van der Waals surface area (Å²) in [6, 6.07) is 0. The molecule has 0 nitrogen and oxygen atoms in total. The number of rotatable bonds is 4. The molecule has 0 unspecified atom stereocenters. The Hall–Kier alpha value is -1.04. The van der Waals surface area contributed by atoms with E-state index in [0.29, 0.717) is 0 Å². The molecule has 0 saturated heterocycles. The minimum absolute atomic E-state index is 0.0897. The molecule has 0 rings (SSSR count). The zero-order valence-corrected chi connectivity index (χ0v) is 8.30. The maximum absolute atomic E-state index is 3.71. The van der Waals surface area contributed by atoms with E-state index in [2.05, 4.69) is 46.1 Å². The largest absolute Gasteiger partial charge is 0.0991 e. The molecule has 0 saturated carbocycles. The van der Waals surface area contributed by atoms with Crippen LogP contribution in [0.4, 0.5) is 0 Å². The standard InChI is InChI=1S/C12H18/c1-6-8-9-12(4,5)10-11(3)7-2/h6-10H,1-2H2,3-5H3/b9-8-,11-10-. The van der Waals surface area contributed by atoms with Crippen LogP contribution in [-0.2, 0) is 0 Å². The molecule has 0 N–H and O–H groups in total. The van der Waals surface area contributed by atoms with E-state index in [0.717, 1.165) is 0 Å². The Morgan fingerprint density at radius 2 is 1.83 bits per heavy atom. The predicted octanol–water partition coefficient (Wildman–Crippen LogP) is 3.89. The second kappa shape index (κ2) is 4.76. The number of allylic oxidation sites excluding steroid dienone is 6. The van der Waals surface area contributed by atoms with Crippen molar-refractivity contribution in [1.82, 2.24) is 0 Å². The predicted molar refractivity (Wildman–Crippen MR) is 57.1 cm³/mol. The van der Waals surface area contributed by atoms with Gasteiger partial charge in [-0.05, 0) is 6.92 Å². The lowest BCUT2D eigenvalue weighted by molar-refractivity contribution is 0.622. The molecule has 66 valence electrons. The molecule has 0 radical (unpaired) electrons. The highest BCUT2D eigenvalue weighted by atomic mass is 14.1. The van der Waals surface area contributed by atoms with Crippen molar-refractivity contribution in [2.45, 2.75) is 20.8 Å². The molecule has 0 fully saturated rings. The van der Waals surface area contributed by atoms with Crippen LogP contribution in [0.15, 0.2) is 49.1 Å². The van der Waals surface area contributed by atoms with Gasteiger partial charge in [0, 0.05) is 5.41 Å². The molecule has 0 aromatic carbocycles. The first kappa shape index (κ1) is 11.0. The molecule has 0 heterocycles. The van der Waals surface area contributed by atoms with E-state index in [1.165, 1.54) is 5.57 Å². The van der Waals surface area contributed by atoms with Gasteiger partial charge >= 0.3 is 0 Å². The van der Waals surface area contributed by atoms with Gasteiger partial charge < -0.3 is 0 Å². The Kier molecular flexibility index (Phi) is 4.35. The summed E-state index contributed by atoms with van der Waals surface area (Å²) in [6.07, 6.45) is 9.92. The van der Waals surface area contributed by atoms with Crippen molar-refractivity contribution in [3.8, 4) is 0 Å². The number of hydrogen-bond acceptors (Lipinski definition) is 0. The van der Waals surface area contributed by atoms with E-state index in [4.69, 9.17) is 0 Å². The van der Waals surface area contributed by atoms with Gasteiger partial charge in [0.1, 0.15) is 0 Å². The second-order valence-corrected chi connectivity index (χ2v) is 3.51. The normalized spacial score (nSPS) is 13.4. The van der Waals surface area contributed by atoms with Gasteiger partial charge in [-0.15, -0.1) is 0 Å². The van der Waals surface area contributed by atoms with Crippen LogP contribution in [0.25, 0.3) is 0 Å². The first-order valence-corrected chi connectivity index (χ1v) is 4.14. The molecule has 0 spiro atoms. The molecule has 0 heteroatoms. The Balaban J connectivity index is 4.50. The second-order valence-electron chi connectivity index (χ2n) is 3.51. The summed E-state index contributed by atoms with van der Waals surface area (Å²) in [4.78, 5) is 0. The Morgan fingerprint density at radius 1 is 1.25 bits per heavy atom. The zero-order valence-electron chi connectivity index (χ0n) is 8.30. The van der Waals surface area contributed by atoms with Gasteiger partial charge in [-0.1, -0.05) is 63.0 Å². The lowest BCUT2D eigenvalue weighted by atomic mass is 9.90. The van der Waals surface area contributed by atoms with Crippen LogP contribution in [0, 0.1) is 5.41 Å². The third-order valence-corrected chi connectivity index (χ3v) is 1.58. The zero-order chi connectivity index (χ0) is 9.61. The summed E-state index contributed by atoms with van der Waals surface area (Å²) in [5.74, 6) is 0. The van der Waals surface area contributed by atoms with Crippen molar-refractivity contribution in [2.75, 3.05) is 0 Å². The van der Waals surface area contributed by atoms with E-state index < -0.39 is 0 Å². The summed E-state index contributed by atoms with van der Waals surface area (Å²) in [6.45, 7) is 13.7. The van der Waals surface area contributed by atoms with Crippen LogP contribution in [0.3, 0.4) is 0 Å². The van der Waals surface area contributed by atoms with E-state index in [1.807, 2.05) is 12.2 Å².